The number of methoxy groups -OCH3 is 1. The summed E-state index contributed by atoms with van der Waals surface area (Å²) < 4.78 is 10.9. The zero-order chi connectivity index (χ0) is 11.8. The molecule has 0 saturated heterocycles. The number of hydrogen-bond acceptors (Lipinski definition) is 5. The molecular formula is C12H13N3O2. The van der Waals surface area contributed by atoms with E-state index in [-0.39, 0.29) is 0 Å². The Morgan fingerprint density at radius 1 is 1.35 bits per heavy atom. The molecule has 2 N–H and O–H groups in total. The molecule has 1 aliphatic rings. The number of hydrogen-bond donors (Lipinski definition) is 1. The fourth-order valence-corrected chi connectivity index (χ4v) is 1.72. The molecule has 5 nitrogen and oxygen atoms in total. The average Bonchev–Trinajstić information content (AvgIpc) is 3.08. The Morgan fingerprint density at radius 2 is 2.18 bits per heavy atom. The maximum Gasteiger partial charge on any atom is 0.251 e. The molecule has 0 aliphatic heterocycles. The van der Waals surface area contributed by atoms with Crippen molar-refractivity contribution in [2.24, 2.45) is 0 Å². The van der Waals surface area contributed by atoms with E-state index >= 15 is 0 Å². The van der Waals surface area contributed by atoms with Crippen LogP contribution < -0.4 is 10.5 Å². The average molecular weight is 231 g/mol. The maximum atomic E-state index is 5.70. The molecule has 88 valence electrons. The molecule has 1 aromatic heterocycles. The minimum absolute atomic E-state index is 0.455. The van der Waals surface area contributed by atoms with Crippen molar-refractivity contribution >= 4 is 5.69 Å². The first-order valence-electron chi connectivity index (χ1n) is 5.55. The number of ether oxygens (including phenoxy) is 1. The summed E-state index contributed by atoms with van der Waals surface area (Å²) in [6, 6.07) is 5.37. The quantitative estimate of drug-likeness (QED) is 0.820. The van der Waals surface area contributed by atoms with E-state index in [2.05, 4.69) is 10.2 Å². The molecule has 17 heavy (non-hydrogen) atoms. The molecule has 3 rings (SSSR count). The van der Waals surface area contributed by atoms with E-state index in [1.54, 1.807) is 19.2 Å². The molecule has 0 spiro atoms. The van der Waals surface area contributed by atoms with Crippen LogP contribution in [0.1, 0.15) is 24.7 Å². The summed E-state index contributed by atoms with van der Waals surface area (Å²) in [7, 11) is 1.59. The molecule has 1 saturated carbocycles. The van der Waals surface area contributed by atoms with E-state index < -0.39 is 0 Å². The standard InChI is InChI=1S/C12H13N3O2/c1-16-10-6-8(13)4-5-9(10)12-15-14-11(17-12)7-2-3-7/h4-7H,2-3,13H2,1H3. The van der Waals surface area contributed by atoms with Crippen molar-refractivity contribution in [3.8, 4) is 17.2 Å². The normalized spacial score (nSPS) is 14.9. The second-order valence-corrected chi connectivity index (χ2v) is 4.18. The maximum absolute atomic E-state index is 5.70. The van der Waals surface area contributed by atoms with E-state index in [1.807, 2.05) is 6.07 Å². The molecule has 2 aromatic rings. The lowest BCUT2D eigenvalue weighted by Gasteiger charge is -2.05. The van der Waals surface area contributed by atoms with Gasteiger partial charge in [0.2, 0.25) is 5.89 Å². The molecule has 0 radical (unpaired) electrons. The molecule has 1 aliphatic carbocycles. The summed E-state index contributed by atoms with van der Waals surface area (Å²) in [5, 5.41) is 8.10. The summed E-state index contributed by atoms with van der Waals surface area (Å²) in [6.07, 6.45) is 2.28. The van der Waals surface area contributed by atoms with E-state index in [0.717, 1.165) is 24.3 Å². The zero-order valence-electron chi connectivity index (χ0n) is 9.51. The minimum atomic E-state index is 0.455. The zero-order valence-corrected chi connectivity index (χ0v) is 9.51. The van der Waals surface area contributed by atoms with Crippen LogP contribution in [0.5, 0.6) is 5.75 Å². The number of benzene rings is 1. The molecule has 0 bridgehead atoms. The van der Waals surface area contributed by atoms with Crippen molar-refractivity contribution in [2.45, 2.75) is 18.8 Å². The minimum Gasteiger partial charge on any atom is -0.496 e. The van der Waals surface area contributed by atoms with Crippen LogP contribution in [0.3, 0.4) is 0 Å². The van der Waals surface area contributed by atoms with Crippen molar-refractivity contribution in [3.05, 3.63) is 24.1 Å². The van der Waals surface area contributed by atoms with Gasteiger partial charge in [0.05, 0.1) is 12.7 Å². The number of nitrogens with zero attached hydrogens (tertiary/aromatic N) is 2. The van der Waals surface area contributed by atoms with Crippen molar-refractivity contribution in [1.29, 1.82) is 0 Å². The number of nitrogens with two attached hydrogens (primary N) is 1. The predicted octanol–water partition coefficient (Wildman–Crippen LogP) is 2.20. The first-order valence-corrected chi connectivity index (χ1v) is 5.55. The van der Waals surface area contributed by atoms with Crippen molar-refractivity contribution < 1.29 is 9.15 Å². The highest BCUT2D eigenvalue weighted by molar-refractivity contribution is 5.66. The number of nitrogen functional groups attached to an aromatic ring is 1. The highest BCUT2D eigenvalue weighted by Crippen LogP contribution is 2.40. The lowest BCUT2D eigenvalue weighted by atomic mass is 10.2. The van der Waals surface area contributed by atoms with Gasteiger partial charge in [-0.2, -0.15) is 0 Å². The Morgan fingerprint density at radius 3 is 2.88 bits per heavy atom. The Kier molecular flexibility index (Phi) is 2.24. The Labute approximate surface area is 98.6 Å². The van der Waals surface area contributed by atoms with Crippen LogP contribution in [0, 0.1) is 0 Å². The van der Waals surface area contributed by atoms with E-state index in [0.29, 0.717) is 23.2 Å². The molecule has 1 fully saturated rings. The third-order valence-electron chi connectivity index (χ3n) is 2.82. The van der Waals surface area contributed by atoms with Gasteiger partial charge in [-0.25, -0.2) is 0 Å². The Balaban J connectivity index is 2.01. The fourth-order valence-electron chi connectivity index (χ4n) is 1.72. The number of rotatable bonds is 3. The van der Waals surface area contributed by atoms with Gasteiger partial charge < -0.3 is 14.9 Å². The predicted molar refractivity (Wildman–Crippen MR) is 62.7 cm³/mol. The van der Waals surface area contributed by atoms with Gasteiger partial charge in [0, 0.05) is 17.7 Å². The largest absolute Gasteiger partial charge is 0.496 e. The first kappa shape index (κ1) is 10.1. The van der Waals surface area contributed by atoms with Gasteiger partial charge >= 0.3 is 0 Å². The summed E-state index contributed by atoms with van der Waals surface area (Å²) in [4.78, 5) is 0. The van der Waals surface area contributed by atoms with Gasteiger partial charge in [0.25, 0.3) is 5.89 Å². The fraction of sp³-hybridized carbons (Fsp3) is 0.333. The van der Waals surface area contributed by atoms with Crippen molar-refractivity contribution in [1.82, 2.24) is 10.2 Å². The van der Waals surface area contributed by atoms with Crippen LogP contribution in [-0.4, -0.2) is 17.3 Å². The third kappa shape index (κ3) is 1.84. The topological polar surface area (TPSA) is 74.2 Å². The lowest BCUT2D eigenvalue weighted by molar-refractivity contribution is 0.413. The summed E-state index contributed by atoms with van der Waals surface area (Å²) in [6.45, 7) is 0. The Bertz CT molecular complexity index is 546. The van der Waals surface area contributed by atoms with Crippen LogP contribution in [0.15, 0.2) is 22.6 Å². The Hall–Kier alpha value is -2.04. The molecular weight excluding hydrogens is 218 g/mol. The van der Waals surface area contributed by atoms with Gasteiger partial charge in [-0.05, 0) is 25.0 Å². The van der Waals surface area contributed by atoms with E-state index in [9.17, 15) is 0 Å². The van der Waals surface area contributed by atoms with Crippen LogP contribution in [0.2, 0.25) is 0 Å². The smallest absolute Gasteiger partial charge is 0.251 e. The second-order valence-electron chi connectivity index (χ2n) is 4.18. The summed E-state index contributed by atoms with van der Waals surface area (Å²) in [5.74, 6) is 2.31. The highest BCUT2D eigenvalue weighted by atomic mass is 16.5. The number of aromatic nitrogens is 2. The SMILES string of the molecule is COc1cc(N)ccc1-c1nnc(C2CC2)o1. The highest BCUT2D eigenvalue weighted by Gasteiger charge is 2.29. The van der Waals surface area contributed by atoms with Gasteiger partial charge in [0.15, 0.2) is 0 Å². The second kappa shape index (κ2) is 3.76. The van der Waals surface area contributed by atoms with Crippen molar-refractivity contribution in [2.75, 3.05) is 12.8 Å². The van der Waals surface area contributed by atoms with E-state index in [1.165, 1.54) is 0 Å². The molecule has 0 atom stereocenters. The van der Waals surface area contributed by atoms with Crippen LogP contribution in [-0.2, 0) is 0 Å². The van der Waals surface area contributed by atoms with Gasteiger partial charge in [-0.3, -0.25) is 0 Å². The van der Waals surface area contributed by atoms with E-state index in [4.69, 9.17) is 14.9 Å². The molecule has 1 heterocycles. The summed E-state index contributed by atoms with van der Waals surface area (Å²) >= 11 is 0. The van der Waals surface area contributed by atoms with Crippen LogP contribution >= 0.6 is 0 Å². The van der Waals surface area contributed by atoms with Crippen LogP contribution in [0.25, 0.3) is 11.5 Å². The molecule has 1 aromatic carbocycles. The monoisotopic (exact) mass is 231 g/mol. The third-order valence-corrected chi connectivity index (χ3v) is 2.82. The lowest BCUT2D eigenvalue weighted by Crippen LogP contribution is -1.91. The molecule has 0 unspecified atom stereocenters. The van der Waals surface area contributed by atoms with Gasteiger partial charge in [0.1, 0.15) is 5.75 Å². The first-order chi connectivity index (χ1) is 8.28. The molecule has 5 heteroatoms. The van der Waals surface area contributed by atoms with Gasteiger partial charge in [-0.1, -0.05) is 0 Å². The van der Waals surface area contributed by atoms with Gasteiger partial charge in [-0.15, -0.1) is 10.2 Å². The van der Waals surface area contributed by atoms with Crippen molar-refractivity contribution in [3.63, 3.8) is 0 Å². The summed E-state index contributed by atoms with van der Waals surface area (Å²) in [5.41, 5.74) is 7.12. The van der Waals surface area contributed by atoms with Crippen LogP contribution in [0.4, 0.5) is 5.69 Å². The number of anilines is 1. The molecule has 0 amide bonds.